The summed E-state index contributed by atoms with van der Waals surface area (Å²) in [5.41, 5.74) is 3.90. The molecule has 0 aliphatic rings. The molecule has 0 bridgehead atoms. The minimum absolute atomic E-state index is 0.0546. The average Bonchev–Trinajstić information content (AvgIpc) is 2.75. The zero-order valence-corrected chi connectivity index (χ0v) is 18.0. The summed E-state index contributed by atoms with van der Waals surface area (Å²) in [6.07, 6.45) is 0. The standard InChI is InChI=1S/C25H17IOS/c26-24-9-5-4-8-23(24)18-10-14-21(15-11-18)28-22-16-12-20(13-17-22)25(27)19-6-2-1-3-7-19/h1-17H. The lowest BCUT2D eigenvalue weighted by Crippen LogP contribution is -2.00. The molecule has 0 amide bonds. The van der Waals surface area contributed by atoms with Crippen LogP contribution in [0, 0.1) is 3.57 Å². The molecule has 0 saturated heterocycles. The van der Waals surface area contributed by atoms with Gasteiger partial charge >= 0.3 is 0 Å². The maximum absolute atomic E-state index is 12.5. The van der Waals surface area contributed by atoms with Crippen LogP contribution < -0.4 is 0 Å². The monoisotopic (exact) mass is 492 g/mol. The van der Waals surface area contributed by atoms with E-state index in [1.807, 2.05) is 54.6 Å². The molecular weight excluding hydrogens is 475 g/mol. The summed E-state index contributed by atoms with van der Waals surface area (Å²) in [4.78, 5) is 14.8. The lowest BCUT2D eigenvalue weighted by Gasteiger charge is -2.07. The lowest BCUT2D eigenvalue weighted by molar-refractivity contribution is 0.103. The first-order chi connectivity index (χ1) is 13.7. The van der Waals surface area contributed by atoms with Gasteiger partial charge in [0.1, 0.15) is 0 Å². The fourth-order valence-corrected chi connectivity index (χ4v) is 4.48. The van der Waals surface area contributed by atoms with Gasteiger partial charge in [-0.1, -0.05) is 72.4 Å². The smallest absolute Gasteiger partial charge is 0.193 e. The summed E-state index contributed by atoms with van der Waals surface area (Å²) in [7, 11) is 0. The van der Waals surface area contributed by atoms with E-state index in [-0.39, 0.29) is 5.78 Å². The number of carbonyl (C=O) groups excluding carboxylic acids is 1. The minimum Gasteiger partial charge on any atom is -0.289 e. The van der Waals surface area contributed by atoms with Crippen LogP contribution in [0.15, 0.2) is 113 Å². The first-order valence-electron chi connectivity index (χ1n) is 8.93. The molecule has 0 heterocycles. The van der Waals surface area contributed by atoms with Gasteiger partial charge in [0.25, 0.3) is 0 Å². The third kappa shape index (κ3) is 4.37. The van der Waals surface area contributed by atoms with Crippen molar-refractivity contribution in [3.8, 4) is 11.1 Å². The molecule has 4 aromatic rings. The van der Waals surface area contributed by atoms with Gasteiger partial charge in [-0.15, -0.1) is 0 Å². The van der Waals surface area contributed by atoms with Crippen molar-refractivity contribution in [2.75, 3.05) is 0 Å². The van der Waals surface area contributed by atoms with Gasteiger partial charge in [0.15, 0.2) is 5.78 Å². The van der Waals surface area contributed by atoms with E-state index in [0.717, 1.165) is 4.90 Å². The molecule has 0 spiro atoms. The van der Waals surface area contributed by atoms with Crippen molar-refractivity contribution in [3.05, 3.63) is 118 Å². The van der Waals surface area contributed by atoms with Crippen LogP contribution in [0.5, 0.6) is 0 Å². The van der Waals surface area contributed by atoms with E-state index in [4.69, 9.17) is 0 Å². The van der Waals surface area contributed by atoms with Gasteiger partial charge in [-0.05, 0) is 76.2 Å². The highest BCUT2D eigenvalue weighted by atomic mass is 127. The number of ketones is 1. The van der Waals surface area contributed by atoms with Gasteiger partial charge in [-0.2, -0.15) is 0 Å². The number of hydrogen-bond donors (Lipinski definition) is 0. The highest BCUT2D eigenvalue weighted by Gasteiger charge is 2.08. The van der Waals surface area contributed by atoms with Gasteiger partial charge in [-0.3, -0.25) is 4.79 Å². The Morgan fingerprint density at radius 3 is 1.79 bits per heavy atom. The Bertz CT molecular complexity index is 1090. The summed E-state index contributed by atoms with van der Waals surface area (Å²) >= 11 is 4.07. The van der Waals surface area contributed by atoms with Crippen LogP contribution in [0.3, 0.4) is 0 Å². The molecule has 1 nitrogen and oxygen atoms in total. The summed E-state index contributed by atoms with van der Waals surface area (Å²) in [5.74, 6) is 0.0546. The molecule has 0 saturated carbocycles. The third-order valence-corrected chi connectivity index (χ3v) is 6.38. The molecule has 4 aromatic carbocycles. The van der Waals surface area contributed by atoms with E-state index in [0.29, 0.717) is 11.1 Å². The largest absolute Gasteiger partial charge is 0.289 e. The zero-order chi connectivity index (χ0) is 19.3. The second-order valence-electron chi connectivity index (χ2n) is 6.33. The molecule has 0 aromatic heterocycles. The van der Waals surface area contributed by atoms with Crippen LogP contribution in [0.4, 0.5) is 0 Å². The molecule has 4 rings (SSSR count). The van der Waals surface area contributed by atoms with Crippen LogP contribution in [0.2, 0.25) is 0 Å². The predicted octanol–water partition coefficient (Wildman–Crippen LogP) is 7.34. The summed E-state index contributed by atoms with van der Waals surface area (Å²) in [5, 5.41) is 0. The number of benzene rings is 4. The highest BCUT2D eigenvalue weighted by Crippen LogP contribution is 2.31. The van der Waals surface area contributed by atoms with Crippen LogP contribution in [-0.4, -0.2) is 5.78 Å². The summed E-state index contributed by atoms with van der Waals surface area (Å²) in [6.45, 7) is 0. The average molecular weight is 492 g/mol. The molecule has 0 radical (unpaired) electrons. The molecule has 136 valence electrons. The highest BCUT2D eigenvalue weighted by molar-refractivity contribution is 14.1. The predicted molar refractivity (Wildman–Crippen MR) is 125 cm³/mol. The van der Waals surface area contributed by atoms with Crippen molar-refractivity contribution in [1.82, 2.24) is 0 Å². The maximum atomic E-state index is 12.5. The van der Waals surface area contributed by atoms with Crippen LogP contribution in [0.25, 0.3) is 11.1 Å². The van der Waals surface area contributed by atoms with Crippen LogP contribution in [-0.2, 0) is 0 Å². The zero-order valence-electron chi connectivity index (χ0n) is 15.0. The van der Waals surface area contributed by atoms with Gasteiger partial charge in [0, 0.05) is 24.5 Å². The first-order valence-corrected chi connectivity index (χ1v) is 10.8. The maximum Gasteiger partial charge on any atom is 0.193 e. The Balaban J connectivity index is 1.47. The Morgan fingerprint density at radius 2 is 1.14 bits per heavy atom. The van der Waals surface area contributed by atoms with E-state index >= 15 is 0 Å². The fourth-order valence-electron chi connectivity index (χ4n) is 2.96. The second kappa shape index (κ2) is 8.76. The van der Waals surface area contributed by atoms with E-state index in [9.17, 15) is 4.79 Å². The van der Waals surface area contributed by atoms with E-state index < -0.39 is 0 Å². The molecule has 0 fully saturated rings. The van der Waals surface area contributed by atoms with Crippen molar-refractivity contribution in [3.63, 3.8) is 0 Å². The van der Waals surface area contributed by atoms with Gasteiger partial charge in [0.05, 0.1) is 0 Å². The number of rotatable bonds is 5. The van der Waals surface area contributed by atoms with Crippen molar-refractivity contribution < 1.29 is 4.79 Å². The fraction of sp³-hybridized carbons (Fsp3) is 0. The van der Waals surface area contributed by atoms with E-state index in [2.05, 4.69) is 71.1 Å². The van der Waals surface area contributed by atoms with Crippen molar-refractivity contribution >= 4 is 40.1 Å². The quantitative estimate of drug-likeness (QED) is 0.214. The SMILES string of the molecule is O=C(c1ccccc1)c1ccc(Sc2ccc(-c3ccccc3I)cc2)cc1. The Hall–Kier alpha value is -2.37. The third-order valence-electron chi connectivity index (χ3n) is 4.43. The normalized spacial score (nSPS) is 10.6. The van der Waals surface area contributed by atoms with Crippen molar-refractivity contribution in [2.24, 2.45) is 0 Å². The number of hydrogen-bond acceptors (Lipinski definition) is 2. The first kappa shape index (κ1) is 19.0. The van der Waals surface area contributed by atoms with Gasteiger partial charge < -0.3 is 0 Å². The van der Waals surface area contributed by atoms with Crippen LogP contribution in [0.1, 0.15) is 15.9 Å². The Morgan fingerprint density at radius 1 is 0.607 bits per heavy atom. The molecule has 0 atom stereocenters. The molecule has 0 unspecified atom stereocenters. The van der Waals surface area contributed by atoms with Gasteiger partial charge in [-0.25, -0.2) is 0 Å². The van der Waals surface area contributed by atoms with Crippen molar-refractivity contribution in [2.45, 2.75) is 9.79 Å². The summed E-state index contributed by atoms with van der Waals surface area (Å²) in [6, 6.07) is 34.2. The number of carbonyl (C=O) groups is 1. The summed E-state index contributed by atoms with van der Waals surface area (Å²) < 4.78 is 1.25. The Kier molecular flexibility index (Phi) is 5.93. The molecular formula is C25H17IOS. The van der Waals surface area contributed by atoms with Crippen molar-refractivity contribution in [1.29, 1.82) is 0 Å². The minimum atomic E-state index is 0.0546. The lowest BCUT2D eigenvalue weighted by atomic mass is 10.0. The molecule has 3 heteroatoms. The molecule has 0 N–H and O–H groups in total. The molecule has 28 heavy (non-hydrogen) atoms. The van der Waals surface area contributed by atoms with Crippen LogP contribution >= 0.6 is 34.4 Å². The molecule has 0 aliphatic carbocycles. The Labute approximate surface area is 183 Å². The molecule has 0 aliphatic heterocycles. The van der Waals surface area contributed by atoms with Gasteiger partial charge in [0.2, 0.25) is 0 Å². The second-order valence-corrected chi connectivity index (χ2v) is 8.63. The van der Waals surface area contributed by atoms with E-state index in [1.165, 1.54) is 19.6 Å². The number of halogens is 1. The topological polar surface area (TPSA) is 17.1 Å². The van der Waals surface area contributed by atoms with E-state index in [1.54, 1.807) is 11.8 Å².